The van der Waals surface area contributed by atoms with Gasteiger partial charge in [0.1, 0.15) is 13.2 Å². The maximum Gasteiger partial charge on any atom is 0.281 e. The molecule has 1 N–H and O–H groups in total. The van der Waals surface area contributed by atoms with Crippen LogP contribution >= 0.6 is 11.3 Å². The van der Waals surface area contributed by atoms with Crippen LogP contribution in [-0.2, 0) is 12.8 Å². The number of benzene rings is 1. The van der Waals surface area contributed by atoms with E-state index in [9.17, 15) is 4.79 Å². The number of hydrogen-bond acceptors (Lipinski definition) is 5. The summed E-state index contributed by atoms with van der Waals surface area (Å²) in [6, 6.07) is 7.61. The van der Waals surface area contributed by atoms with E-state index in [1.165, 1.54) is 16.9 Å². The fraction of sp³-hybridized carbons (Fsp3) is 0.368. The average Bonchev–Trinajstić information content (AvgIpc) is 3.05. The number of ether oxygens (including phenoxy) is 2. The number of hydrogen-bond donors (Lipinski definition) is 1. The largest absolute Gasteiger partial charge is 0.486 e. The topological polar surface area (TPSA) is 59.9 Å². The zero-order chi connectivity index (χ0) is 17.2. The SMILES string of the molecule is C[C@@H]1CCc2sc(C(=O)N/N=C\c3ccc4c(c3)OCCO4)cc2C1. The highest BCUT2D eigenvalue weighted by atomic mass is 32.1. The molecule has 6 heteroatoms. The summed E-state index contributed by atoms with van der Waals surface area (Å²) in [6.07, 6.45) is 4.97. The Morgan fingerprint density at radius 3 is 3.00 bits per heavy atom. The number of nitrogens with one attached hydrogen (secondary N) is 1. The van der Waals surface area contributed by atoms with Crippen molar-refractivity contribution in [2.75, 3.05) is 13.2 Å². The summed E-state index contributed by atoms with van der Waals surface area (Å²) in [7, 11) is 0. The third-order valence-corrected chi connectivity index (χ3v) is 5.73. The molecule has 1 aliphatic carbocycles. The average molecular weight is 356 g/mol. The first-order valence-corrected chi connectivity index (χ1v) is 9.35. The van der Waals surface area contributed by atoms with Crippen molar-refractivity contribution in [3.63, 3.8) is 0 Å². The van der Waals surface area contributed by atoms with Crippen molar-refractivity contribution in [1.82, 2.24) is 5.43 Å². The molecule has 5 nitrogen and oxygen atoms in total. The number of hydrazone groups is 1. The molecule has 4 rings (SSSR count). The van der Waals surface area contributed by atoms with Crippen LogP contribution in [0.5, 0.6) is 11.5 Å². The summed E-state index contributed by atoms with van der Waals surface area (Å²) < 4.78 is 11.0. The Balaban J connectivity index is 1.41. The number of nitrogens with zero attached hydrogens (tertiary/aromatic N) is 1. The monoisotopic (exact) mass is 356 g/mol. The van der Waals surface area contributed by atoms with Crippen LogP contribution in [0.25, 0.3) is 0 Å². The molecule has 130 valence electrons. The van der Waals surface area contributed by atoms with E-state index in [0.29, 0.717) is 24.9 Å². The van der Waals surface area contributed by atoms with Gasteiger partial charge in [0.2, 0.25) is 0 Å². The minimum absolute atomic E-state index is 0.152. The van der Waals surface area contributed by atoms with E-state index < -0.39 is 0 Å². The van der Waals surface area contributed by atoms with Gasteiger partial charge in [-0.05, 0) is 60.6 Å². The van der Waals surface area contributed by atoms with Crippen molar-refractivity contribution in [2.45, 2.75) is 26.2 Å². The molecular formula is C19H20N2O3S. The lowest BCUT2D eigenvalue weighted by Crippen LogP contribution is -2.16. The quantitative estimate of drug-likeness (QED) is 0.677. The number of carbonyl (C=O) groups is 1. The number of carbonyl (C=O) groups excluding carboxylic acids is 1. The van der Waals surface area contributed by atoms with Crippen molar-refractivity contribution in [1.29, 1.82) is 0 Å². The van der Waals surface area contributed by atoms with E-state index in [4.69, 9.17) is 9.47 Å². The summed E-state index contributed by atoms with van der Waals surface area (Å²) in [5.41, 5.74) is 4.79. The predicted octanol–water partition coefficient (Wildman–Crippen LogP) is 3.41. The lowest BCUT2D eigenvalue weighted by atomic mass is 9.90. The van der Waals surface area contributed by atoms with Gasteiger partial charge in [0.25, 0.3) is 5.91 Å². The highest BCUT2D eigenvalue weighted by molar-refractivity contribution is 7.14. The molecule has 1 aliphatic heterocycles. The fourth-order valence-corrected chi connectivity index (χ4v) is 4.28. The molecule has 0 bridgehead atoms. The molecule has 0 radical (unpaired) electrons. The third-order valence-electron chi connectivity index (χ3n) is 4.50. The van der Waals surface area contributed by atoms with Crippen LogP contribution < -0.4 is 14.9 Å². The zero-order valence-electron chi connectivity index (χ0n) is 14.1. The molecule has 0 saturated heterocycles. The lowest BCUT2D eigenvalue weighted by molar-refractivity contribution is 0.0959. The number of fused-ring (bicyclic) bond motifs is 2. The number of aryl methyl sites for hydroxylation is 1. The van der Waals surface area contributed by atoms with Crippen LogP contribution in [0.4, 0.5) is 0 Å². The molecule has 25 heavy (non-hydrogen) atoms. The Hall–Kier alpha value is -2.34. The fourth-order valence-electron chi connectivity index (χ4n) is 3.18. The van der Waals surface area contributed by atoms with Gasteiger partial charge < -0.3 is 9.47 Å². The van der Waals surface area contributed by atoms with Crippen molar-refractivity contribution >= 4 is 23.5 Å². The van der Waals surface area contributed by atoms with Gasteiger partial charge >= 0.3 is 0 Å². The van der Waals surface area contributed by atoms with E-state index >= 15 is 0 Å². The first-order chi connectivity index (χ1) is 12.2. The molecule has 2 aromatic rings. The minimum Gasteiger partial charge on any atom is -0.486 e. The maximum atomic E-state index is 12.3. The van der Waals surface area contributed by atoms with E-state index in [-0.39, 0.29) is 5.91 Å². The van der Waals surface area contributed by atoms with Crippen molar-refractivity contribution in [2.24, 2.45) is 11.0 Å². The first kappa shape index (κ1) is 16.1. The number of amides is 1. The molecule has 1 atom stereocenters. The van der Waals surface area contributed by atoms with E-state index in [2.05, 4.69) is 17.5 Å². The smallest absolute Gasteiger partial charge is 0.281 e. The summed E-state index contributed by atoms with van der Waals surface area (Å²) in [5.74, 6) is 2.00. The third kappa shape index (κ3) is 3.54. The maximum absolute atomic E-state index is 12.3. The Morgan fingerprint density at radius 2 is 2.12 bits per heavy atom. The van der Waals surface area contributed by atoms with Crippen LogP contribution in [0, 0.1) is 5.92 Å². The van der Waals surface area contributed by atoms with Gasteiger partial charge in [0, 0.05) is 4.88 Å². The summed E-state index contributed by atoms with van der Waals surface area (Å²) in [4.78, 5) is 14.4. The van der Waals surface area contributed by atoms with Crippen molar-refractivity contribution in [3.05, 3.63) is 45.1 Å². The first-order valence-electron chi connectivity index (χ1n) is 8.53. The van der Waals surface area contributed by atoms with Crippen LogP contribution in [-0.4, -0.2) is 25.3 Å². The Kier molecular flexibility index (Phi) is 4.44. The molecule has 0 fully saturated rings. The van der Waals surface area contributed by atoms with E-state index in [1.807, 2.05) is 24.3 Å². The van der Waals surface area contributed by atoms with E-state index in [1.54, 1.807) is 17.6 Å². The highest BCUT2D eigenvalue weighted by Gasteiger charge is 2.20. The number of thiophene rings is 1. The van der Waals surface area contributed by atoms with Gasteiger partial charge in [-0.15, -0.1) is 11.3 Å². The van der Waals surface area contributed by atoms with Crippen LogP contribution in [0.2, 0.25) is 0 Å². The van der Waals surface area contributed by atoms with Crippen LogP contribution in [0.3, 0.4) is 0 Å². The van der Waals surface area contributed by atoms with Gasteiger partial charge in [-0.1, -0.05) is 6.92 Å². The second-order valence-electron chi connectivity index (χ2n) is 6.51. The second kappa shape index (κ2) is 6.88. The van der Waals surface area contributed by atoms with Gasteiger partial charge in [0.15, 0.2) is 11.5 Å². The Bertz CT molecular complexity index is 828. The van der Waals surface area contributed by atoms with Gasteiger partial charge in [-0.2, -0.15) is 5.10 Å². The molecule has 0 saturated carbocycles. The molecule has 0 unspecified atom stereocenters. The van der Waals surface area contributed by atoms with Crippen LogP contribution in [0.1, 0.15) is 39.0 Å². The highest BCUT2D eigenvalue weighted by Crippen LogP contribution is 2.32. The lowest BCUT2D eigenvalue weighted by Gasteiger charge is -2.18. The Morgan fingerprint density at radius 1 is 1.28 bits per heavy atom. The molecule has 2 heterocycles. The standard InChI is InChI=1S/C19H20N2O3S/c1-12-2-5-17-14(8-12)10-18(25-17)19(22)21-20-11-13-3-4-15-16(9-13)24-7-6-23-15/h3-4,9-12H,2,5-8H2,1H3,(H,21,22)/b20-11-/t12-/m1/s1. The molecule has 1 aromatic carbocycles. The van der Waals surface area contributed by atoms with Crippen molar-refractivity contribution in [3.8, 4) is 11.5 Å². The summed E-state index contributed by atoms with van der Waals surface area (Å²) in [6.45, 7) is 3.38. The zero-order valence-corrected chi connectivity index (χ0v) is 14.9. The minimum atomic E-state index is -0.152. The normalized spacial score (nSPS) is 18.8. The number of rotatable bonds is 3. The van der Waals surface area contributed by atoms with Gasteiger partial charge in [0.05, 0.1) is 11.1 Å². The van der Waals surface area contributed by atoms with Gasteiger partial charge in [-0.3, -0.25) is 4.79 Å². The molecule has 1 aromatic heterocycles. The van der Waals surface area contributed by atoms with E-state index in [0.717, 1.165) is 29.0 Å². The molecule has 2 aliphatic rings. The van der Waals surface area contributed by atoms with Gasteiger partial charge in [-0.25, -0.2) is 5.43 Å². The predicted molar refractivity (Wildman–Crippen MR) is 98.0 cm³/mol. The summed E-state index contributed by atoms with van der Waals surface area (Å²) >= 11 is 1.59. The molecular weight excluding hydrogens is 336 g/mol. The molecule has 1 amide bonds. The van der Waals surface area contributed by atoms with Crippen molar-refractivity contribution < 1.29 is 14.3 Å². The summed E-state index contributed by atoms with van der Waals surface area (Å²) in [5, 5.41) is 4.07. The molecule has 0 spiro atoms. The second-order valence-corrected chi connectivity index (χ2v) is 7.65. The van der Waals surface area contributed by atoms with Crippen LogP contribution in [0.15, 0.2) is 29.4 Å². The Labute approximate surface area is 150 Å².